The van der Waals surface area contributed by atoms with E-state index in [1.807, 2.05) is 6.92 Å². The molecule has 1 fully saturated rings. The SMILES string of the molecule is CC(C#N)CC1C[CH]C(C)CC1. The van der Waals surface area contributed by atoms with E-state index in [2.05, 4.69) is 19.4 Å². The molecule has 0 amide bonds. The van der Waals surface area contributed by atoms with Gasteiger partial charge in [0, 0.05) is 5.92 Å². The second-order valence-corrected chi connectivity index (χ2v) is 4.16. The summed E-state index contributed by atoms with van der Waals surface area (Å²) < 4.78 is 0. The molecule has 0 bridgehead atoms. The highest BCUT2D eigenvalue weighted by molar-refractivity contribution is 4.87. The van der Waals surface area contributed by atoms with Gasteiger partial charge < -0.3 is 0 Å². The molecule has 0 aliphatic heterocycles. The first-order valence-electron chi connectivity index (χ1n) is 4.95. The minimum absolute atomic E-state index is 0.247. The molecule has 12 heavy (non-hydrogen) atoms. The monoisotopic (exact) mass is 164 g/mol. The van der Waals surface area contributed by atoms with Crippen LogP contribution in [0.2, 0.25) is 0 Å². The number of nitriles is 1. The van der Waals surface area contributed by atoms with Gasteiger partial charge in [0.2, 0.25) is 0 Å². The Morgan fingerprint density at radius 3 is 2.83 bits per heavy atom. The molecule has 1 saturated carbocycles. The third kappa shape index (κ3) is 2.85. The largest absolute Gasteiger partial charge is 0.198 e. The summed E-state index contributed by atoms with van der Waals surface area (Å²) in [6.45, 7) is 4.31. The van der Waals surface area contributed by atoms with Gasteiger partial charge in [-0.25, -0.2) is 0 Å². The highest BCUT2D eigenvalue weighted by atomic mass is 14.3. The van der Waals surface area contributed by atoms with Gasteiger partial charge in [0.1, 0.15) is 0 Å². The molecule has 1 aliphatic rings. The van der Waals surface area contributed by atoms with Gasteiger partial charge >= 0.3 is 0 Å². The molecule has 1 rings (SSSR count). The van der Waals surface area contributed by atoms with Crippen LogP contribution in [0.3, 0.4) is 0 Å². The summed E-state index contributed by atoms with van der Waals surface area (Å²) in [5.41, 5.74) is 0. The third-order valence-electron chi connectivity index (χ3n) is 2.81. The quantitative estimate of drug-likeness (QED) is 0.615. The maximum absolute atomic E-state index is 8.66. The van der Waals surface area contributed by atoms with Crippen LogP contribution in [0, 0.1) is 35.5 Å². The fourth-order valence-corrected chi connectivity index (χ4v) is 1.93. The van der Waals surface area contributed by atoms with Gasteiger partial charge in [0.15, 0.2) is 0 Å². The van der Waals surface area contributed by atoms with Crippen molar-refractivity contribution in [1.29, 1.82) is 5.26 Å². The summed E-state index contributed by atoms with van der Waals surface area (Å²) in [7, 11) is 0. The molecular formula is C11H18N. The van der Waals surface area contributed by atoms with Crippen LogP contribution in [0.4, 0.5) is 0 Å². The lowest BCUT2D eigenvalue weighted by Crippen LogP contribution is -2.14. The summed E-state index contributed by atoms with van der Waals surface area (Å²) in [5.74, 6) is 1.84. The number of hydrogen-bond acceptors (Lipinski definition) is 1. The number of hydrogen-bond donors (Lipinski definition) is 0. The maximum Gasteiger partial charge on any atom is 0.0652 e. The molecule has 0 aromatic carbocycles. The van der Waals surface area contributed by atoms with Crippen LogP contribution >= 0.6 is 0 Å². The molecule has 1 heteroatoms. The summed E-state index contributed by atoms with van der Waals surface area (Å²) in [5, 5.41) is 8.66. The fourth-order valence-electron chi connectivity index (χ4n) is 1.93. The van der Waals surface area contributed by atoms with E-state index in [9.17, 15) is 0 Å². The molecule has 3 unspecified atom stereocenters. The lowest BCUT2D eigenvalue weighted by molar-refractivity contribution is 0.320. The van der Waals surface area contributed by atoms with Gasteiger partial charge in [0.25, 0.3) is 0 Å². The summed E-state index contributed by atoms with van der Waals surface area (Å²) in [6, 6.07) is 2.31. The second-order valence-electron chi connectivity index (χ2n) is 4.16. The predicted octanol–water partition coefficient (Wildman–Crippen LogP) is 3.18. The smallest absolute Gasteiger partial charge is 0.0652 e. The van der Waals surface area contributed by atoms with Crippen LogP contribution < -0.4 is 0 Å². The molecule has 3 atom stereocenters. The molecule has 0 heterocycles. The van der Waals surface area contributed by atoms with Crippen molar-refractivity contribution in [1.82, 2.24) is 0 Å². The van der Waals surface area contributed by atoms with E-state index in [0.29, 0.717) is 0 Å². The minimum Gasteiger partial charge on any atom is -0.198 e. The maximum atomic E-state index is 8.66. The van der Waals surface area contributed by atoms with Crippen molar-refractivity contribution < 1.29 is 0 Å². The molecule has 67 valence electrons. The van der Waals surface area contributed by atoms with E-state index in [4.69, 9.17) is 5.26 Å². The van der Waals surface area contributed by atoms with E-state index >= 15 is 0 Å². The summed E-state index contributed by atoms with van der Waals surface area (Å²) in [4.78, 5) is 0. The topological polar surface area (TPSA) is 23.8 Å². The van der Waals surface area contributed by atoms with Crippen LogP contribution in [0.25, 0.3) is 0 Å². The van der Waals surface area contributed by atoms with E-state index in [0.717, 1.165) is 18.3 Å². The van der Waals surface area contributed by atoms with E-state index < -0.39 is 0 Å². The molecule has 0 spiro atoms. The van der Waals surface area contributed by atoms with Gasteiger partial charge in [-0.05, 0) is 38.0 Å². The van der Waals surface area contributed by atoms with Gasteiger partial charge in [0.05, 0.1) is 6.07 Å². The first-order valence-corrected chi connectivity index (χ1v) is 4.95. The van der Waals surface area contributed by atoms with E-state index in [1.54, 1.807) is 0 Å². The van der Waals surface area contributed by atoms with Crippen molar-refractivity contribution in [2.24, 2.45) is 17.8 Å². The zero-order valence-corrected chi connectivity index (χ0v) is 8.09. The third-order valence-corrected chi connectivity index (χ3v) is 2.81. The zero-order valence-electron chi connectivity index (χ0n) is 8.09. The van der Waals surface area contributed by atoms with E-state index in [-0.39, 0.29) is 5.92 Å². The Labute approximate surface area is 75.8 Å². The molecule has 0 aromatic heterocycles. The Bertz CT molecular complexity index is 160. The van der Waals surface area contributed by atoms with Crippen LogP contribution in [0.5, 0.6) is 0 Å². The fraction of sp³-hybridized carbons (Fsp3) is 0.818. The lowest BCUT2D eigenvalue weighted by Gasteiger charge is -2.26. The van der Waals surface area contributed by atoms with Crippen molar-refractivity contribution >= 4 is 0 Å². The number of nitrogens with zero attached hydrogens (tertiary/aromatic N) is 1. The molecule has 0 aromatic rings. The van der Waals surface area contributed by atoms with E-state index in [1.165, 1.54) is 19.3 Å². The van der Waals surface area contributed by atoms with Crippen molar-refractivity contribution in [3.8, 4) is 6.07 Å². The second kappa shape index (κ2) is 4.50. The molecule has 0 saturated heterocycles. The van der Waals surface area contributed by atoms with Crippen molar-refractivity contribution in [3.63, 3.8) is 0 Å². The molecule has 0 N–H and O–H groups in total. The Balaban J connectivity index is 2.22. The molecule has 1 nitrogen and oxygen atoms in total. The normalized spacial score (nSPS) is 32.4. The first-order chi connectivity index (χ1) is 5.72. The minimum atomic E-state index is 0.247. The Morgan fingerprint density at radius 2 is 2.33 bits per heavy atom. The molecule has 1 radical (unpaired) electrons. The highest BCUT2D eigenvalue weighted by Gasteiger charge is 2.19. The van der Waals surface area contributed by atoms with Crippen LogP contribution in [-0.4, -0.2) is 0 Å². The standard InChI is InChI=1S/C11H18N/c1-9-3-5-11(6-4-9)7-10(2)8-12/h3,9-11H,4-7H2,1-2H3. The van der Waals surface area contributed by atoms with Crippen molar-refractivity contribution in [2.45, 2.75) is 39.5 Å². The highest BCUT2D eigenvalue weighted by Crippen LogP contribution is 2.31. The van der Waals surface area contributed by atoms with Crippen molar-refractivity contribution in [2.75, 3.05) is 0 Å². The lowest BCUT2D eigenvalue weighted by atomic mass is 9.79. The van der Waals surface area contributed by atoms with Gasteiger partial charge in [-0.2, -0.15) is 5.26 Å². The van der Waals surface area contributed by atoms with Crippen LogP contribution in [-0.2, 0) is 0 Å². The molecule has 1 aliphatic carbocycles. The molecular weight excluding hydrogens is 146 g/mol. The van der Waals surface area contributed by atoms with Gasteiger partial charge in [-0.3, -0.25) is 0 Å². The summed E-state index contributed by atoms with van der Waals surface area (Å²) >= 11 is 0. The van der Waals surface area contributed by atoms with Gasteiger partial charge in [-0.15, -0.1) is 0 Å². The Kier molecular flexibility index (Phi) is 3.59. The zero-order chi connectivity index (χ0) is 8.97. The van der Waals surface area contributed by atoms with Crippen LogP contribution in [0.1, 0.15) is 39.5 Å². The van der Waals surface area contributed by atoms with Crippen LogP contribution in [0.15, 0.2) is 0 Å². The van der Waals surface area contributed by atoms with Crippen molar-refractivity contribution in [3.05, 3.63) is 6.42 Å². The first kappa shape index (κ1) is 9.58. The summed E-state index contributed by atoms with van der Waals surface area (Å²) in [6.07, 6.45) is 7.39. The Hall–Kier alpha value is -0.510. The van der Waals surface area contributed by atoms with Gasteiger partial charge in [-0.1, -0.05) is 19.8 Å². The average molecular weight is 164 g/mol. The Morgan fingerprint density at radius 1 is 1.58 bits per heavy atom. The number of rotatable bonds is 2. The predicted molar refractivity (Wildman–Crippen MR) is 50.2 cm³/mol. The average Bonchev–Trinajstić information content (AvgIpc) is 2.09.